The molecule has 3 aromatic rings. The Kier molecular flexibility index (Phi) is 4.00. The Morgan fingerprint density at radius 2 is 1.90 bits per heavy atom. The molecule has 5 rings (SSSR count). The molecule has 1 aromatic carbocycles. The first-order chi connectivity index (χ1) is 14.3. The Hall–Kier alpha value is -3.22. The van der Waals surface area contributed by atoms with E-state index in [0.29, 0.717) is 35.0 Å². The molecule has 1 atom stereocenters. The lowest BCUT2D eigenvalue weighted by Gasteiger charge is -2.38. The highest BCUT2D eigenvalue weighted by atomic mass is 16.1. The lowest BCUT2D eigenvalue weighted by molar-refractivity contribution is -0.118. The summed E-state index contributed by atoms with van der Waals surface area (Å²) in [5, 5.41) is 7.89. The molecule has 30 heavy (non-hydrogen) atoms. The smallest absolute Gasteiger partial charge is 0.258 e. The molecule has 3 heterocycles. The Bertz CT molecular complexity index is 1280. The number of hydrogen-bond donors (Lipinski definition) is 2. The molecule has 2 aromatic heterocycles. The molecule has 0 bridgehead atoms. The van der Waals surface area contributed by atoms with Gasteiger partial charge in [0.1, 0.15) is 11.6 Å². The quantitative estimate of drug-likeness (QED) is 0.683. The SMILES string of the molecule is CCc1ccc([C@@H]2C3=C(CC(C)(C)CC3=O)Nc3c2c(=O)[nH]c2nc(C)nn32)cc1. The van der Waals surface area contributed by atoms with Crippen molar-refractivity contribution in [3.63, 3.8) is 0 Å². The zero-order chi connectivity index (χ0) is 21.2. The molecular formula is C23H25N5O2. The second kappa shape index (κ2) is 6.39. The largest absolute Gasteiger partial charge is 0.343 e. The van der Waals surface area contributed by atoms with Gasteiger partial charge in [-0.1, -0.05) is 45.0 Å². The molecule has 0 saturated heterocycles. The van der Waals surface area contributed by atoms with Gasteiger partial charge in [-0.05, 0) is 36.3 Å². The molecule has 154 valence electrons. The number of H-pyrrole nitrogens is 1. The highest BCUT2D eigenvalue weighted by Gasteiger charge is 2.42. The average Bonchev–Trinajstić information content (AvgIpc) is 3.06. The number of hydrogen-bond acceptors (Lipinski definition) is 5. The predicted molar refractivity (Wildman–Crippen MR) is 115 cm³/mol. The van der Waals surface area contributed by atoms with Crippen LogP contribution in [-0.4, -0.2) is 25.4 Å². The Balaban J connectivity index is 1.81. The van der Waals surface area contributed by atoms with Gasteiger partial charge < -0.3 is 5.32 Å². The monoisotopic (exact) mass is 403 g/mol. The maximum atomic E-state index is 13.3. The number of allylic oxidation sites excluding steroid dienone is 2. The Labute approximate surface area is 174 Å². The van der Waals surface area contributed by atoms with E-state index in [1.165, 1.54) is 5.56 Å². The van der Waals surface area contributed by atoms with Gasteiger partial charge in [-0.25, -0.2) is 0 Å². The van der Waals surface area contributed by atoms with Gasteiger partial charge in [-0.3, -0.25) is 14.6 Å². The number of carbonyl (C=O) groups excluding carboxylic acids is 1. The fourth-order valence-corrected chi connectivity index (χ4v) is 4.78. The number of aromatic nitrogens is 4. The summed E-state index contributed by atoms with van der Waals surface area (Å²) in [5.41, 5.74) is 3.87. The van der Waals surface area contributed by atoms with Crippen LogP contribution in [0.5, 0.6) is 0 Å². The topological polar surface area (TPSA) is 92.1 Å². The summed E-state index contributed by atoms with van der Waals surface area (Å²) in [6.07, 6.45) is 2.14. The maximum absolute atomic E-state index is 13.3. The van der Waals surface area contributed by atoms with Gasteiger partial charge in [0, 0.05) is 23.6 Å². The van der Waals surface area contributed by atoms with E-state index >= 15 is 0 Å². The number of nitrogens with one attached hydrogen (secondary N) is 2. The van der Waals surface area contributed by atoms with E-state index in [-0.39, 0.29) is 16.8 Å². The summed E-state index contributed by atoms with van der Waals surface area (Å²) in [6, 6.07) is 8.21. The minimum absolute atomic E-state index is 0.0956. The third kappa shape index (κ3) is 2.80. The van der Waals surface area contributed by atoms with Gasteiger partial charge in [0.2, 0.25) is 5.78 Å². The first kappa shape index (κ1) is 18.8. The van der Waals surface area contributed by atoms with Gasteiger partial charge in [0.05, 0.1) is 5.56 Å². The molecule has 0 unspecified atom stereocenters. The lowest BCUT2D eigenvalue weighted by atomic mass is 9.69. The summed E-state index contributed by atoms with van der Waals surface area (Å²) < 4.78 is 1.65. The van der Waals surface area contributed by atoms with Crippen LogP contribution in [0.15, 0.2) is 40.3 Å². The second-order valence-corrected chi connectivity index (χ2v) is 9.10. The summed E-state index contributed by atoms with van der Waals surface area (Å²) in [6.45, 7) is 8.10. The molecule has 0 saturated carbocycles. The van der Waals surface area contributed by atoms with Crippen molar-refractivity contribution in [1.82, 2.24) is 19.6 Å². The van der Waals surface area contributed by atoms with Gasteiger partial charge in [-0.15, -0.1) is 5.10 Å². The van der Waals surface area contributed by atoms with Crippen LogP contribution in [0, 0.1) is 12.3 Å². The van der Waals surface area contributed by atoms with E-state index in [1.54, 1.807) is 11.4 Å². The van der Waals surface area contributed by atoms with E-state index < -0.39 is 5.92 Å². The number of carbonyl (C=O) groups is 1. The number of aryl methyl sites for hydroxylation is 2. The van der Waals surface area contributed by atoms with Crippen LogP contribution in [0.25, 0.3) is 5.78 Å². The number of nitrogens with zero attached hydrogens (tertiary/aromatic N) is 3. The van der Waals surface area contributed by atoms with Crippen LogP contribution in [-0.2, 0) is 11.2 Å². The number of fused-ring (bicyclic) bond motifs is 3. The third-order valence-electron chi connectivity index (χ3n) is 6.14. The zero-order valence-electron chi connectivity index (χ0n) is 17.7. The first-order valence-electron chi connectivity index (χ1n) is 10.4. The van der Waals surface area contributed by atoms with Gasteiger partial charge in [0.15, 0.2) is 5.78 Å². The van der Waals surface area contributed by atoms with Crippen LogP contribution < -0.4 is 10.9 Å². The maximum Gasteiger partial charge on any atom is 0.258 e. The molecule has 2 aliphatic rings. The number of anilines is 1. The van der Waals surface area contributed by atoms with E-state index in [1.807, 2.05) is 12.1 Å². The first-order valence-corrected chi connectivity index (χ1v) is 10.4. The fraction of sp³-hybridized carbons (Fsp3) is 0.391. The van der Waals surface area contributed by atoms with Crippen molar-refractivity contribution in [2.45, 2.75) is 52.9 Å². The minimum atomic E-state index is -0.427. The van der Waals surface area contributed by atoms with Crippen molar-refractivity contribution in [2.75, 3.05) is 5.32 Å². The van der Waals surface area contributed by atoms with Crippen LogP contribution in [0.2, 0.25) is 0 Å². The molecule has 0 radical (unpaired) electrons. The summed E-state index contributed by atoms with van der Waals surface area (Å²) >= 11 is 0. The van der Waals surface area contributed by atoms with Crippen LogP contribution in [0.4, 0.5) is 5.82 Å². The van der Waals surface area contributed by atoms with Crippen molar-refractivity contribution < 1.29 is 4.79 Å². The van der Waals surface area contributed by atoms with Crippen molar-refractivity contribution in [1.29, 1.82) is 0 Å². The predicted octanol–water partition coefficient (Wildman–Crippen LogP) is 3.49. The number of rotatable bonds is 2. The highest BCUT2D eigenvalue weighted by Crippen LogP contribution is 2.47. The molecule has 1 aliphatic carbocycles. The molecule has 0 fully saturated rings. The van der Waals surface area contributed by atoms with Crippen molar-refractivity contribution in [2.24, 2.45) is 5.41 Å². The van der Waals surface area contributed by atoms with Crippen molar-refractivity contribution >= 4 is 17.4 Å². The standard InChI is InChI=1S/C23H25N5O2/c1-5-13-6-8-14(9-7-13)17-18-15(10-23(3,4)11-16(18)29)25-20-19(17)21(30)26-22-24-12(2)27-28(20)22/h6-9,17,25H,5,10-11H2,1-4H3,(H,24,26,27,30)/t17-/m1/s1. The zero-order valence-corrected chi connectivity index (χ0v) is 17.7. The fourth-order valence-electron chi connectivity index (χ4n) is 4.78. The average molecular weight is 403 g/mol. The Morgan fingerprint density at radius 3 is 2.60 bits per heavy atom. The van der Waals surface area contributed by atoms with Crippen LogP contribution >= 0.6 is 0 Å². The summed E-state index contributed by atoms with van der Waals surface area (Å²) in [7, 11) is 0. The molecule has 0 amide bonds. The van der Waals surface area contributed by atoms with Gasteiger partial charge in [0.25, 0.3) is 5.56 Å². The molecular weight excluding hydrogens is 378 g/mol. The van der Waals surface area contributed by atoms with Crippen molar-refractivity contribution in [3.8, 4) is 0 Å². The lowest BCUT2D eigenvalue weighted by Crippen LogP contribution is -2.37. The number of benzene rings is 1. The highest BCUT2D eigenvalue weighted by molar-refractivity contribution is 6.01. The van der Waals surface area contributed by atoms with Crippen LogP contribution in [0.3, 0.4) is 0 Å². The van der Waals surface area contributed by atoms with E-state index in [9.17, 15) is 9.59 Å². The molecule has 1 aliphatic heterocycles. The van der Waals surface area contributed by atoms with Gasteiger partial charge in [-0.2, -0.15) is 9.50 Å². The molecule has 0 spiro atoms. The summed E-state index contributed by atoms with van der Waals surface area (Å²) in [4.78, 5) is 33.7. The number of aromatic amines is 1. The number of ketones is 1. The molecule has 7 nitrogen and oxygen atoms in total. The second-order valence-electron chi connectivity index (χ2n) is 9.10. The van der Waals surface area contributed by atoms with E-state index in [0.717, 1.165) is 24.1 Å². The van der Waals surface area contributed by atoms with E-state index in [2.05, 4.69) is 53.3 Å². The molecule has 2 N–H and O–H groups in total. The molecule has 7 heteroatoms. The van der Waals surface area contributed by atoms with Crippen LogP contribution in [0.1, 0.15) is 62.0 Å². The third-order valence-corrected chi connectivity index (χ3v) is 6.14. The van der Waals surface area contributed by atoms with Crippen molar-refractivity contribution in [3.05, 3.63) is 68.4 Å². The van der Waals surface area contributed by atoms with E-state index in [4.69, 9.17) is 0 Å². The normalized spacial score (nSPS) is 20.1. The minimum Gasteiger partial charge on any atom is -0.343 e. The van der Waals surface area contributed by atoms with Gasteiger partial charge >= 0.3 is 0 Å². The summed E-state index contributed by atoms with van der Waals surface area (Å²) in [5.74, 6) is 1.24. The number of Topliss-reactive ketones (excluding diaryl/α,β-unsaturated/α-hetero) is 1. The Morgan fingerprint density at radius 1 is 1.17 bits per heavy atom.